The molecule has 0 saturated heterocycles. The van der Waals surface area contributed by atoms with Crippen molar-refractivity contribution in [1.29, 1.82) is 0 Å². The predicted molar refractivity (Wildman–Crippen MR) is 35.2 cm³/mol. The van der Waals surface area contributed by atoms with Gasteiger partial charge in [-0.25, -0.2) is 13.2 Å². The lowest BCUT2D eigenvalue weighted by molar-refractivity contribution is 0.163. The van der Waals surface area contributed by atoms with Crippen LogP contribution in [0.1, 0.15) is 0 Å². The molecule has 0 saturated carbocycles. The summed E-state index contributed by atoms with van der Waals surface area (Å²) in [5.74, 6) is -0.185. The first-order valence-corrected chi connectivity index (χ1v) is 4.58. The van der Waals surface area contributed by atoms with Crippen LogP contribution in [0.15, 0.2) is 0 Å². The van der Waals surface area contributed by atoms with Crippen molar-refractivity contribution in [2.45, 2.75) is 0 Å². The molecule has 0 aliphatic rings. The molecule has 0 aliphatic carbocycles. The Hall–Kier alpha value is -0.780. The molecule has 5 nitrogen and oxygen atoms in total. The van der Waals surface area contributed by atoms with Gasteiger partial charge in [0.05, 0.1) is 5.75 Å². The lowest BCUT2D eigenvalue weighted by Gasteiger charge is -1.97. The third kappa shape index (κ3) is 7.22. The molecule has 0 aromatic heterocycles. The predicted octanol–water partition coefficient (Wildman–Crippen LogP) is -0.874. The minimum atomic E-state index is -3.05. The van der Waals surface area contributed by atoms with Gasteiger partial charge in [-0.1, -0.05) is 0 Å². The van der Waals surface area contributed by atoms with E-state index in [1.807, 2.05) is 0 Å². The molecule has 0 unspecified atom stereocenters. The summed E-state index contributed by atoms with van der Waals surface area (Å²) in [5, 5.41) is 0. The molecule has 0 aromatic rings. The van der Waals surface area contributed by atoms with Crippen molar-refractivity contribution in [2.75, 3.05) is 18.6 Å². The standard InChI is InChI=1S/C4H9NO4S/c1-10(7,8)3-2-9-4(5)6/h2-3H2,1H3,(H2,5,6). The van der Waals surface area contributed by atoms with E-state index in [2.05, 4.69) is 10.5 Å². The molecular formula is C4H9NO4S. The van der Waals surface area contributed by atoms with E-state index in [0.29, 0.717) is 0 Å². The SMILES string of the molecule is CS(=O)(=O)CCOC(N)=O. The molecule has 0 fully saturated rings. The number of sulfone groups is 1. The molecular weight excluding hydrogens is 158 g/mol. The summed E-state index contributed by atoms with van der Waals surface area (Å²) in [4.78, 5) is 9.89. The first kappa shape index (κ1) is 9.22. The Balaban J connectivity index is 3.49. The van der Waals surface area contributed by atoms with Gasteiger partial charge in [0.2, 0.25) is 0 Å². The fourth-order valence-corrected chi connectivity index (χ4v) is 0.680. The molecule has 6 heteroatoms. The maximum Gasteiger partial charge on any atom is 0.404 e. The van der Waals surface area contributed by atoms with Gasteiger partial charge in [-0.2, -0.15) is 0 Å². The molecule has 0 radical (unpaired) electrons. The van der Waals surface area contributed by atoms with Crippen LogP contribution in [0.5, 0.6) is 0 Å². The second-order valence-corrected chi connectivity index (χ2v) is 4.06. The van der Waals surface area contributed by atoms with Gasteiger partial charge in [-0.05, 0) is 0 Å². The lowest BCUT2D eigenvalue weighted by atomic mass is 10.8. The van der Waals surface area contributed by atoms with Crippen molar-refractivity contribution in [1.82, 2.24) is 0 Å². The number of hydrogen-bond donors (Lipinski definition) is 1. The summed E-state index contributed by atoms with van der Waals surface area (Å²) in [6.45, 7) is -0.172. The van der Waals surface area contributed by atoms with Gasteiger partial charge in [0, 0.05) is 6.26 Å². The summed E-state index contributed by atoms with van der Waals surface area (Å²) in [6, 6.07) is 0. The highest BCUT2D eigenvalue weighted by molar-refractivity contribution is 7.90. The number of hydrogen-bond acceptors (Lipinski definition) is 4. The largest absolute Gasteiger partial charge is 0.449 e. The summed E-state index contributed by atoms with van der Waals surface area (Å²) in [6.07, 6.45) is 0.0980. The van der Waals surface area contributed by atoms with Gasteiger partial charge in [0.15, 0.2) is 9.84 Å². The number of rotatable bonds is 3. The third-order valence-corrected chi connectivity index (χ3v) is 1.61. The molecule has 0 aromatic carbocycles. The monoisotopic (exact) mass is 167 g/mol. The highest BCUT2D eigenvalue weighted by Gasteiger charge is 2.02. The fraction of sp³-hybridized carbons (Fsp3) is 0.750. The van der Waals surface area contributed by atoms with E-state index < -0.39 is 15.9 Å². The molecule has 0 aliphatic heterocycles. The van der Waals surface area contributed by atoms with Crippen LogP contribution in [0.4, 0.5) is 4.79 Å². The van der Waals surface area contributed by atoms with Crippen molar-refractivity contribution in [3.8, 4) is 0 Å². The van der Waals surface area contributed by atoms with Gasteiger partial charge in [-0.15, -0.1) is 0 Å². The van der Waals surface area contributed by atoms with E-state index in [1.54, 1.807) is 0 Å². The second-order valence-electron chi connectivity index (χ2n) is 1.80. The Labute approximate surface area is 59.1 Å². The quantitative estimate of drug-likeness (QED) is 0.591. The Morgan fingerprint density at radius 1 is 1.60 bits per heavy atom. The van der Waals surface area contributed by atoms with Crippen LogP contribution in [0.2, 0.25) is 0 Å². The van der Waals surface area contributed by atoms with Crippen LogP contribution >= 0.6 is 0 Å². The summed E-state index contributed by atoms with van der Waals surface area (Å²) in [5.41, 5.74) is 4.57. The number of carbonyl (C=O) groups excluding carboxylic acids is 1. The van der Waals surface area contributed by atoms with Gasteiger partial charge >= 0.3 is 6.09 Å². The van der Waals surface area contributed by atoms with Crippen LogP contribution in [0, 0.1) is 0 Å². The second kappa shape index (κ2) is 3.40. The topological polar surface area (TPSA) is 86.5 Å². The number of carbonyl (C=O) groups is 1. The highest BCUT2D eigenvalue weighted by Crippen LogP contribution is 1.82. The number of amides is 1. The maximum atomic E-state index is 10.4. The van der Waals surface area contributed by atoms with Gasteiger partial charge < -0.3 is 10.5 Å². The molecule has 0 rings (SSSR count). The molecule has 0 bridgehead atoms. The van der Waals surface area contributed by atoms with Crippen molar-refractivity contribution < 1.29 is 17.9 Å². The Morgan fingerprint density at radius 3 is 2.40 bits per heavy atom. The smallest absolute Gasteiger partial charge is 0.404 e. The van der Waals surface area contributed by atoms with E-state index in [1.165, 1.54) is 0 Å². The Bertz CT molecular complexity index is 207. The zero-order valence-corrected chi connectivity index (χ0v) is 6.35. The van der Waals surface area contributed by atoms with Crippen LogP contribution in [0.3, 0.4) is 0 Å². The average Bonchev–Trinajstić information content (AvgIpc) is 1.59. The van der Waals surface area contributed by atoms with Crippen LogP contribution in [-0.2, 0) is 14.6 Å². The van der Waals surface area contributed by atoms with Gasteiger partial charge in [0.25, 0.3) is 0 Å². The van der Waals surface area contributed by atoms with Gasteiger partial charge in [0.1, 0.15) is 6.61 Å². The summed E-state index contributed by atoms with van der Waals surface area (Å²) >= 11 is 0. The van der Waals surface area contributed by atoms with Crippen LogP contribution in [0.25, 0.3) is 0 Å². The van der Waals surface area contributed by atoms with Crippen molar-refractivity contribution in [3.05, 3.63) is 0 Å². The average molecular weight is 167 g/mol. The zero-order valence-electron chi connectivity index (χ0n) is 5.53. The number of primary amides is 1. The third-order valence-electron chi connectivity index (χ3n) is 0.698. The van der Waals surface area contributed by atoms with Crippen molar-refractivity contribution >= 4 is 15.9 Å². The summed E-state index contributed by atoms with van der Waals surface area (Å²) in [7, 11) is -3.05. The van der Waals surface area contributed by atoms with Crippen LogP contribution < -0.4 is 5.73 Å². The number of nitrogens with two attached hydrogens (primary N) is 1. The normalized spacial score (nSPS) is 10.9. The minimum absolute atomic E-state index is 0.172. The minimum Gasteiger partial charge on any atom is -0.449 e. The molecule has 10 heavy (non-hydrogen) atoms. The van der Waals surface area contributed by atoms with E-state index in [-0.39, 0.29) is 12.4 Å². The highest BCUT2D eigenvalue weighted by atomic mass is 32.2. The number of ether oxygens (including phenoxy) is 1. The molecule has 2 N–H and O–H groups in total. The molecule has 0 atom stereocenters. The van der Waals surface area contributed by atoms with Crippen LogP contribution in [-0.4, -0.2) is 33.1 Å². The first-order valence-electron chi connectivity index (χ1n) is 2.52. The molecule has 1 amide bonds. The Kier molecular flexibility index (Phi) is 3.14. The van der Waals surface area contributed by atoms with E-state index >= 15 is 0 Å². The van der Waals surface area contributed by atoms with Crippen molar-refractivity contribution in [2.24, 2.45) is 5.73 Å². The fourth-order valence-electron chi connectivity index (χ4n) is 0.294. The molecule has 0 spiro atoms. The first-order chi connectivity index (χ1) is 4.42. The lowest BCUT2D eigenvalue weighted by Crippen LogP contribution is -2.18. The van der Waals surface area contributed by atoms with Gasteiger partial charge in [-0.3, -0.25) is 0 Å². The molecule has 60 valence electrons. The van der Waals surface area contributed by atoms with E-state index in [9.17, 15) is 13.2 Å². The van der Waals surface area contributed by atoms with E-state index in [4.69, 9.17) is 0 Å². The van der Waals surface area contributed by atoms with E-state index in [0.717, 1.165) is 6.26 Å². The Morgan fingerprint density at radius 2 is 2.10 bits per heavy atom. The maximum absolute atomic E-state index is 10.4. The van der Waals surface area contributed by atoms with Crippen molar-refractivity contribution in [3.63, 3.8) is 0 Å². The zero-order chi connectivity index (χ0) is 8.20. The molecule has 0 heterocycles. The summed E-state index contributed by atoms with van der Waals surface area (Å²) < 4.78 is 24.9.